The van der Waals surface area contributed by atoms with Crippen molar-refractivity contribution in [2.75, 3.05) is 0 Å². The second-order valence-electron chi connectivity index (χ2n) is 7.78. The number of amides is 1. The number of carbonyl (C=O) groups is 1. The number of benzene rings is 1. The fraction of sp³-hybridized carbons (Fsp3) is 0.286. The summed E-state index contributed by atoms with van der Waals surface area (Å²) in [6.45, 7) is 4.44. The minimum atomic E-state index is -4.76. The van der Waals surface area contributed by atoms with E-state index in [4.69, 9.17) is 0 Å². The Morgan fingerprint density at radius 3 is 2.33 bits per heavy atom. The summed E-state index contributed by atoms with van der Waals surface area (Å²) in [7, 11) is 0. The summed E-state index contributed by atoms with van der Waals surface area (Å²) < 4.78 is 52.9. The Hall–Kier alpha value is -3.67. The Morgan fingerprint density at radius 1 is 1.15 bits per heavy atom. The summed E-state index contributed by atoms with van der Waals surface area (Å²) >= 11 is 0. The van der Waals surface area contributed by atoms with E-state index in [9.17, 15) is 32.3 Å². The molecule has 1 unspecified atom stereocenters. The lowest BCUT2D eigenvalue weighted by Gasteiger charge is -2.26. The van der Waals surface area contributed by atoms with Crippen LogP contribution in [0.3, 0.4) is 0 Å². The van der Waals surface area contributed by atoms with E-state index in [0.717, 1.165) is 35.3 Å². The molecule has 0 aliphatic carbocycles. The highest BCUT2D eigenvalue weighted by molar-refractivity contribution is 5.95. The number of rotatable bonds is 5. The fourth-order valence-corrected chi connectivity index (χ4v) is 2.64. The third-order valence-corrected chi connectivity index (χ3v) is 4.82. The van der Waals surface area contributed by atoms with E-state index in [-0.39, 0.29) is 16.9 Å². The quantitative estimate of drug-likeness (QED) is 0.561. The summed E-state index contributed by atoms with van der Waals surface area (Å²) in [5.41, 5.74) is -2.78. The topological polar surface area (TPSA) is 110 Å². The van der Waals surface area contributed by atoms with Crippen LogP contribution in [0.2, 0.25) is 0 Å². The summed E-state index contributed by atoms with van der Waals surface area (Å²) in [6.07, 6.45) is -3.07. The van der Waals surface area contributed by atoms with Crippen LogP contribution in [0.25, 0.3) is 16.9 Å². The molecule has 0 aliphatic heterocycles. The number of alkyl halides is 3. The SMILES string of the molecule is CC(NC(=O)c1cc(-c2cnc(C(F)(F)F)nc2)nn(-c2cccc(F)c2)c1=O)C(C)(C)O. The largest absolute Gasteiger partial charge is 0.451 e. The first-order valence-electron chi connectivity index (χ1n) is 9.60. The molecule has 12 heteroatoms. The lowest BCUT2D eigenvalue weighted by Crippen LogP contribution is -2.48. The average molecular weight is 465 g/mol. The van der Waals surface area contributed by atoms with Gasteiger partial charge in [0.25, 0.3) is 11.5 Å². The van der Waals surface area contributed by atoms with Gasteiger partial charge in [0, 0.05) is 18.0 Å². The van der Waals surface area contributed by atoms with Crippen LogP contribution in [0, 0.1) is 5.82 Å². The van der Waals surface area contributed by atoms with Crippen molar-refractivity contribution >= 4 is 5.91 Å². The summed E-state index contributed by atoms with van der Waals surface area (Å²) in [4.78, 5) is 32.3. The molecular formula is C21H19F4N5O3. The van der Waals surface area contributed by atoms with Crippen LogP contribution in [0.4, 0.5) is 17.6 Å². The number of carbonyl (C=O) groups excluding carboxylic acids is 1. The van der Waals surface area contributed by atoms with E-state index in [1.165, 1.54) is 32.9 Å². The normalized spacial score (nSPS) is 13.0. The van der Waals surface area contributed by atoms with Crippen LogP contribution < -0.4 is 10.9 Å². The van der Waals surface area contributed by atoms with Crippen molar-refractivity contribution in [3.63, 3.8) is 0 Å². The lowest BCUT2D eigenvalue weighted by atomic mass is 10.0. The van der Waals surface area contributed by atoms with E-state index >= 15 is 0 Å². The summed E-state index contributed by atoms with van der Waals surface area (Å²) in [6, 6.07) is 5.13. The van der Waals surface area contributed by atoms with Crippen LogP contribution in [0.5, 0.6) is 0 Å². The van der Waals surface area contributed by atoms with Crippen molar-refractivity contribution in [2.24, 2.45) is 0 Å². The molecule has 0 saturated heterocycles. The highest BCUT2D eigenvalue weighted by atomic mass is 19.4. The molecule has 2 heterocycles. The first-order valence-corrected chi connectivity index (χ1v) is 9.60. The Morgan fingerprint density at radius 2 is 1.79 bits per heavy atom. The number of aromatic nitrogens is 4. The fourth-order valence-electron chi connectivity index (χ4n) is 2.64. The Balaban J connectivity index is 2.16. The first kappa shape index (κ1) is 24.0. The lowest BCUT2D eigenvalue weighted by molar-refractivity contribution is -0.145. The van der Waals surface area contributed by atoms with E-state index < -0.39 is 46.5 Å². The molecule has 174 valence electrons. The molecule has 0 spiro atoms. The number of nitrogens with zero attached hydrogens (tertiary/aromatic N) is 4. The van der Waals surface area contributed by atoms with Crippen molar-refractivity contribution < 1.29 is 27.5 Å². The van der Waals surface area contributed by atoms with Crippen LogP contribution in [0.1, 0.15) is 37.0 Å². The van der Waals surface area contributed by atoms with Gasteiger partial charge in [-0.2, -0.15) is 23.0 Å². The molecule has 33 heavy (non-hydrogen) atoms. The van der Waals surface area contributed by atoms with Gasteiger partial charge >= 0.3 is 6.18 Å². The van der Waals surface area contributed by atoms with E-state index in [2.05, 4.69) is 20.4 Å². The maximum absolute atomic E-state index is 13.7. The molecule has 1 atom stereocenters. The summed E-state index contributed by atoms with van der Waals surface area (Å²) in [5, 5.41) is 16.6. The van der Waals surface area contributed by atoms with Crippen LogP contribution >= 0.6 is 0 Å². The van der Waals surface area contributed by atoms with Crippen LogP contribution in [-0.2, 0) is 6.18 Å². The van der Waals surface area contributed by atoms with Crippen molar-refractivity contribution in [2.45, 2.75) is 38.6 Å². The van der Waals surface area contributed by atoms with Gasteiger partial charge in [0.15, 0.2) is 0 Å². The third-order valence-electron chi connectivity index (χ3n) is 4.82. The van der Waals surface area contributed by atoms with Crippen LogP contribution in [-0.4, -0.2) is 42.4 Å². The molecule has 0 fully saturated rings. The number of hydrogen-bond donors (Lipinski definition) is 2. The highest BCUT2D eigenvalue weighted by Gasteiger charge is 2.34. The molecular weight excluding hydrogens is 446 g/mol. The van der Waals surface area contributed by atoms with Crippen molar-refractivity contribution in [3.05, 3.63) is 70.3 Å². The minimum absolute atomic E-state index is 0.0146. The molecule has 3 rings (SSSR count). The van der Waals surface area contributed by atoms with Crippen molar-refractivity contribution in [1.29, 1.82) is 0 Å². The summed E-state index contributed by atoms with van der Waals surface area (Å²) in [5.74, 6) is -2.91. The van der Waals surface area contributed by atoms with Crippen LogP contribution in [0.15, 0.2) is 47.5 Å². The minimum Gasteiger partial charge on any atom is -0.388 e. The molecule has 0 bridgehead atoms. The smallest absolute Gasteiger partial charge is 0.388 e. The Labute approximate surface area is 184 Å². The zero-order chi connectivity index (χ0) is 24.6. The van der Waals surface area contributed by atoms with Gasteiger partial charge in [-0.25, -0.2) is 14.4 Å². The standard InChI is InChI=1S/C21H19F4N5O3/c1-11(20(2,3)33)28-17(31)15-8-16(12-9-26-19(27-10-12)21(23,24)25)29-30(18(15)32)14-6-4-5-13(22)7-14/h4-11,33H,1-3H3,(H,28,31). The second kappa shape index (κ2) is 8.70. The predicted octanol–water partition coefficient (Wildman–Crippen LogP) is 2.74. The molecule has 0 aliphatic rings. The molecule has 1 aromatic carbocycles. The highest BCUT2D eigenvalue weighted by Crippen LogP contribution is 2.26. The molecule has 8 nitrogen and oxygen atoms in total. The van der Waals surface area contributed by atoms with E-state index in [1.807, 2.05) is 0 Å². The number of hydrogen-bond acceptors (Lipinski definition) is 6. The van der Waals surface area contributed by atoms with E-state index in [1.54, 1.807) is 0 Å². The maximum atomic E-state index is 13.7. The molecule has 3 aromatic rings. The monoisotopic (exact) mass is 465 g/mol. The molecule has 2 N–H and O–H groups in total. The maximum Gasteiger partial charge on any atom is 0.451 e. The predicted molar refractivity (Wildman–Crippen MR) is 109 cm³/mol. The molecule has 0 radical (unpaired) electrons. The second-order valence-corrected chi connectivity index (χ2v) is 7.78. The molecule has 1 amide bonds. The van der Waals surface area contributed by atoms with Gasteiger partial charge in [-0.05, 0) is 45.0 Å². The van der Waals surface area contributed by atoms with Gasteiger partial charge in [-0.15, -0.1) is 0 Å². The number of aliphatic hydroxyl groups is 1. The van der Waals surface area contributed by atoms with Gasteiger partial charge < -0.3 is 10.4 Å². The first-order chi connectivity index (χ1) is 15.3. The Kier molecular flexibility index (Phi) is 6.32. The third kappa shape index (κ3) is 5.40. The zero-order valence-electron chi connectivity index (χ0n) is 17.7. The average Bonchev–Trinajstić information content (AvgIpc) is 2.72. The van der Waals surface area contributed by atoms with Crippen molar-refractivity contribution in [3.8, 4) is 16.9 Å². The number of halogens is 4. The van der Waals surface area contributed by atoms with Gasteiger partial charge in [-0.1, -0.05) is 6.07 Å². The number of nitrogens with one attached hydrogen (secondary N) is 1. The zero-order valence-corrected chi connectivity index (χ0v) is 17.7. The van der Waals surface area contributed by atoms with E-state index in [0.29, 0.717) is 0 Å². The van der Waals surface area contributed by atoms with Crippen molar-refractivity contribution in [1.82, 2.24) is 25.1 Å². The van der Waals surface area contributed by atoms with Gasteiger partial charge in [0.05, 0.1) is 23.0 Å². The van der Waals surface area contributed by atoms with Gasteiger partial charge in [0.1, 0.15) is 11.4 Å². The molecule has 0 saturated carbocycles. The Bertz CT molecular complexity index is 1230. The molecule has 2 aromatic heterocycles. The van der Waals surface area contributed by atoms with Gasteiger partial charge in [-0.3, -0.25) is 9.59 Å². The van der Waals surface area contributed by atoms with Gasteiger partial charge in [0.2, 0.25) is 5.82 Å².